The zero-order chi connectivity index (χ0) is 20.1. The molecule has 28 heavy (non-hydrogen) atoms. The third-order valence-corrected chi connectivity index (χ3v) is 4.13. The van der Waals surface area contributed by atoms with Gasteiger partial charge in [-0.15, -0.1) is 0 Å². The number of anilines is 2. The van der Waals surface area contributed by atoms with Crippen molar-refractivity contribution in [2.24, 2.45) is 0 Å². The first-order valence-electron chi connectivity index (χ1n) is 9.07. The van der Waals surface area contributed by atoms with E-state index in [0.717, 1.165) is 18.1 Å². The van der Waals surface area contributed by atoms with Crippen LogP contribution < -0.4 is 15.4 Å². The van der Waals surface area contributed by atoms with E-state index in [4.69, 9.17) is 9.26 Å². The lowest BCUT2D eigenvalue weighted by atomic mass is 9.93. The van der Waals surface area contributed by atoms with Crippen molar-refractivity contribution >= 4 is 17.5 Å². The average molecular weight is 383 g/mol. The SMILES string of the molecule is Cc1nccn1CCOc1ccc(NC(=O)Nc2cc(C(C)(C)C)on2)cc1. The van der Waals surface area contributed by atoms with Crippen LogP contribution in [0.25, 0.3) is 0 Å². The Hall–Kier alpha value is -3.29. The normalized spacial score (nSPS) is 11.3. The first-order chi connectivity index (χ1) is 13.3. The number of hydrogen-bond acceptors (Lipinski definition) is 5. The molecule has 2 amide bonds. The predicted octanol–water partition coefficient (Wildman–Crippen LogP) is 4.20. The van der Waals surface area contributed by atoms with Crippen molar-refractivity contribution in [2.45, 2.75) is 39.7 Å². The van der Waals surface area contributed by atoms with Crippen molar-refractivity contribution in [2.75, 3.05) is 17.2 Å². The minimum Gasteiger partial charge on any atom is -0.492 e. The van der Waals surface area contributed by atoms with Gasteiger partial charge in [-0.1, -0.05) is 25.9 Å². The van der Waals surface area contributed by atoms with Gasteiger partial charge in [-0.3, -0.25) is 5.32 Å². The van der Waals surface area contributed by atoms with E-state index >= 15 is 0 Å². The highest BCUT2D eigenvalue weighted by molar-refractivity contribution is 5.99. The van der Waals surface area contributed by atoms with E-state index in [-0.39, 0.29) is 5.41 Å². The van der Waals surface area contributed by atoms with E-state index in [9.17, 15) is 4.79 Å². The smallest absolute Gasteiger partial charge is 0.324 e. The van der Waals surface area contributed by atoms with Gasteiger partial charge in [0.05, 0.1) is 6.54 Å². The van der Waals surface area contributed by atoms with E-state index in [0.29, 0.717) is 23.9 Å². The molecule has 3 aromatic rings. The van der Waals surface area contributed by atoms with Gasteiger partial charge in [-0.05, 0) is 31.2 Å². The number of carbonyl (C=O) groups is 1. The molecule has 3 rings (SSSR count). The van der Waals surface area contributed by atoms with Gasteiger partial charge < -0.3 is 19.1 Å². The summed E-state index contributed by atoms with van der Waals surface area (Å²) in [7, 11) is 0. The molecule has 2 aromatic heterocycles. The number of ether oxygens (including phenoxy) is 1. The molecule has 0 aliphatic rings. The lowest BCUT2D eigenvalue weighted by molar-refractivity contribution is 0.262. The van der Waals surface area contributed by atoms with Crippen LogP contribution in [0, 0.1) is 6.92 Å². The molecule has 1 aromatic carbocycles. The van der Waals surface area contributed by atoms with Crippen LogP contribution in [0.5, 0.6) is 5.75 Å². The maximum Gasteiger partial charge on any atom is 0.324 e. The Kier molecular flexibility index (Phi) is 5.67. The molecule has 2 heterocycles. The number of nitrogens with one attached hydrogen (secondary N) is 2. The Morgan fingerprint density at radius 3 is 2.57 bits per heavy atom. The molecule has 0 unspecified atom stereocenters. The molecule has 148 valence electrons. The molecule has 8 nitrogen and oxygen atoms in total. The number of aromatic nitrogens is 3. The summed E-state index contributed by atoms with van der Waals surface area (Å²) in [5.74, 6) is 2.76. The standard InChI is InChI=1S/C20H25N5O3/c1-14-21-9-10-25(14)11-12-27-16-7-5-15(6-8-16)22-19(26)23-18-13-17(28-24-18)20(2,3)4/h5-10,13H,11-12H2,1-4H3,(H2,22,23,24,26). The molecular formula is C20H25N5O3. The van der Waals surface area contributed by atoms with Gasteiger partial charge in [0.1, 0.15) is 23.9 Å². The lowest BCUT2D eigenvalue weighted by Crippen LogP contribution is -2.19. The van der Waals surface area contributed by atoms with Crippen molar-refractivity contribution in [3.05, 3.63) is 54.3 Å². The third kappa shape index (κ3) is 5.12. The highest BCUT2D eigenvalue weighted by atomic mass is 16.5. The fraction of sp³-hybridized carbons (Fsp3) is 0.350. The Morgan fingerprint density at radius 1 is 1.21 bits per heavy atom. The number of imidazole rings is 1. The van der Waals surface area contributed by atoms with Crippen molar-refractivity contribution < 1.29 is 14.1 Å². The molecule has 0 radical (unpaired) electrons. The molecular weight excluding hydrogens is 358 g/mol. The summed E-state index contributed by atoms with van der Waals surface area (Å²) in [4.78, 5) is 16.3. The highest BCUT2D eigenvalue weighted by Crippen LogP contribution is 2.24. The Balaban J connectivity index is 1.47. The summed E-state index contributed by atoms with van der Waals surface area (Å²) in [5, 5.41) is 9.28. The lowest BCUT2D eigenvalue weighted by Gasteiger charge is -2.12. The van der Waals surface area contributed by atoms with E-state index in [1.165, 1.54) is 0 Å². The molecule has 8 heteroatoms. The van der Waals surface area contributed by atoms with Gasteiger partial charge in [0.2, 0.25) is 0 Å². The summed E-state index contributed by atoms with van der Waals surface area (Å²) in [6.45, 7) is 9.25. The van der Waals surface area contributed by atoms with Gasteiger partial charge in [0.25, 0.3) is 0 Å². The quantitative estimate of drug-likeness (QED) is 0.665. The van der Waals surface area contributed by atoms with Crippen LogP contribution in [0.1, 0.15) is 32.4 Å². The zero-order valence-corrected chi connectivity index (χ0v) is 16.5. The van der Waals surface area contributed by atoms with Crippen molar-refractivity contribution in [1.82, 2.24) is 14.7 Å². The average Bonchev–Trinajstić information content (AvgIpc) is 3.26. The monoisotopic (exact) mass is 383 g/mol. The number of amides is 2. The largest absolute Gasteiger partial charge is 0.492 e. The second-order valence-electron chi connectivity index (χ2n) is 7.45. The Labute approximate surface area is 163 Å². The number of benzene rings is 1. The molecule has 2 N–H and O–H groups in total. The highest BCUT2D eigenvalue weighted by Gasteiger charge is 2.20. The Bertz CT molecular complexity index is 922. The zero-order valence-electron chi connectivity index (χ0n) is 16.5. The first kappa shape index (κ1) is 19.5. The fourth-order valence-corrected chi connectivity index (χ4v) is 2.50. The van der Waals surface area contributed by atoms with Gasteiger partial charge >= 0.3 is 6.03 Å². The number of aryl methyl sites for hydroxylation is 1. The third-order valence-electron chi connectivity index (χ3n) is 4.13. The van der Waals surface area contributed by atoms with E-state index in [2.05, 4.69) is 20.8 Å². The van der Waals surface area contributed by atoms with Crippen LogP contribution in [0.3, 0.4) is 0 Å². The summed E-state index contributed by atoms with van der Waals surface area (Å²) >= 11 is 0. The van der Waals surface area contributed by atoms with Crippen LogP contribution in [0.4, 0.5) is 16.3 Å². The molecule has 0 bridgehead atoms. The van der Waals surface area contributed by atoms with Crippen LogP contribution in [-0.4, -0.2) is 27.3 Å². The maximum atomic E-state index is 12.1. The van der Waals surface area contributed by atoms with E-state index in [1.54, 1.807) is 24.4 Å². The van der Waals surface area contributed by atoms with Crippen LogP contribution in [0.15, 0.2) is 47.2 Å². The minimum atomic E-state index is -0.391. The number of carbonyl (C=O) groups excluding carboxylic acids is 1. The van der Waals surface area contributed by atoms with Crippen LogP contribution >= 0.6 is 0 Å². The van der Waals surface area contributed by atoms with Crippen LogP contribution in [0.2, 0.25) is 0 Å². The van der Waals surface area contributed by atoms with Crippen molar-refractivity contribution in [3.63, 3.8) is 0 Å². The van der Waals surface area contributed by atoms with Crippen molar-refractivity contribution in [1.29, 1.82) is 0 Å². The maximum absolute atomic E-state index is 12.1. The second-order valence-corrected chi connectivity index (χ2v) is 7.45. The van der Waals surface area contributed by atoms with Gasteiger partial charge in [0, 0.05) is 29.6 Å². The summed E-state index contributed by atoms with van der Waals surface area (Å²) in [5.41, 5.74) is 0.477. The number of rotatable bonds is 6. The molecule has 0 fully saturated rings. The van der Waals surface area contributed by atoms with Crippen molar-refractivity contribution in [3.8, 4) is 5.75 Å². The summed E-state index contributed by atoms with van der Waals surface area (Å²) < 4.78 is 13.0. The number of nitrogens with zero attached hydrogens (tertiary/aromatic N) is 3. The predicted molar refractivity (Wildman–Crippen MR) is 107 cm³/mol. The van der Waals surface area contributed by atoms with E-state index in [1.807, 2.05) is 50.6 Å². The van der Waals surface area contributed by atoms with E-state index < -0.39 is 6.03 Å². The first-order valence-corrected chi connectivity index (χ1v) is 9.07. The van der Waals surface area contributed by atoms with Gasteiger partial charge in [0.15, 0.2) is 5.82 Å². The second kappa shape index (κ2) is 8.16. The number of hydrogen-bond donors (Lipinski definition) is 2. The molecule has 0 aliphatic carbocycles. The summed E-state index contributed by atoms with van der Waals surface area (Å²) in [6.07, 6.45) is 3.69. The molecule has 0 spiro atoms. The molecule has 0 aliphatic heterocycles. The van der Waals surface area contributed by atoms with Gasteiger partial charge in [-0.25, -0.2) is 9.78 Å². The molecule has 0 saturated heterocycles. The minimum absolute atomic E-state index is 0.171. The summed E-state index contributed by atoms with van der Waals surface area (Å²) in [6, 6.07) is 8.51. The topological polar surface area (TPSA) is 94.2 Å². The number of urea groups is 1. The molecule has 0 saturated carbocycles. The van der Waals surface area contributed by atoms with Gasteiger partial charge in [-0.2, -0.15) is 0 Å². The molecule has 0 atom stereocenters. The Morgan fingerprint density at radius 2 is 1.96 bits per heavy atom. The van der Waals surface area contributed by atoms with Crippen LogP contribution in [-0.2, 0) is 12.0 Å². The fourth-order valence-electron chi connectivity index (χ4n) is 2.50.